The molecule has 0 atom stereocenters. The lowest BCUT2D eigenvalue weighted by molar-refractivity contribution is 0.415. The van der Waals surface area contributed by atoms with Gasteiger partial charge in [0.25, 0.3) is 0 Å². The predicted octanol–water partition coefficient (Wildman–Crippen LogP) is 2.58. The first-order chi connectivity index (χ1) is 8.33. The fourth-order valence-electron chi connectivity index (χ4n) is 1.54. The van der Waals surface area contributed by atoms with Gasteiger partial charge in [-0.05, 0) is 31.2 Å². The van der Waals surface area contributed by atoms with E-state index < -0.39 is 0 Å². The van der Waals surface area contributed by atoms with E-state index in [0.717, 1.165) is 29.4 Å². The van der Waals surface area contributed by atoms with Crippen molar-refractivity contribution in [1.29, 1.82) is 0 Å². The fourth-order valence-corrected chi connectivity index (χ4v) is 1.54. The van der Waals surface area contributed by atoms with Gasteiger partial charge < -0.3 is 10.1 Å². The number of aromatic nitrogens is 2. The standard InChI is InChI=1S/C13H15N3O/c1-3-14-13-8-7-12(15-16-13)10-5-4-6-11(9-10)17-2/h4-9H,3H2,1-2H3,(H,14,16). The predicted molar refractivity (Wildman–Crippen MR) is 68.2 cm³/mol. The van der Waals surface area contributed by atoms with Gasteiger partial charge >= 0.3 is 0 Å². The molecular formula is C13H15N3O. The van der Waals surface area contributed by atoms with E-state index in [-0.39, 0.29) is 0 Å². The van der Waals surface area contributed by atoms with Gasteiger partial charge in [-0.2, -0.15) is 0 Å². The number of rotatable bonds is 4. The first kappa shape index (κ1) is 11.4. The molecule has 1 heterocycles. The Hall–Kier alpha value is -2.10. The summed E-state index contributed by atoms with van der Waals surface area (Å²) in [5, 5.41) is 11.4. The van der Waals surface area contributed by atoms with Crippen molar-refractivity contribution in [3.05, 3.63) is 36.4 Å². The lowest BCUT2D eigenvalue weighted by Gasteiger charge is -2.05. The van der Waals surface area contributed by atoms with E-state index in [1.54, 1.807) is 7.11 Å². The molecule has 1 aromatic heterocycles. The molecule has 0 saturated carbocycles. The monoisotopic (exact) mass is 229 g/mol. The second kappa shape index (κ2) is 5.30. The van der Waals surface area contributed by atoms with E-state index in [9.17, 15) is 0 Å². The smallest absolute Gasteiger partial charge is 0.148 e. The van der Waals surface area contributed by atoms with Crippen LogP contribution in [0.3, 0.4) is 0 Å². The van der Waals surface area contributed by atoms with Crippen molar-refractivity contribution in [2.75, 3.05) is 19.0 Å². The summed E-state index contributed by atoms with van der Waals surface area (Å²) in [7, 11) is 1.65. The van der Waals surface area contributed by atoms with Gasteiger partial charge in [0.2, 0.25) is 0 Å². The number of nitrogens with one attached hydrogen (secondary N) is 1. The highest BCUT2D eigenvalue weighted by Crippen LogP contribution is 2.21. The largest absolute Gasteiger partial charge is 0.497 e. The zero-order valence-electron chi connectivity index (χ0n) is 9.97. The fraction of sp³-hybridized carbons (Fsp3) is 0.231. The number of methoxy groups -OCH3 is 1. The molecule has 0 bridgehead atoms. The minimum absolute atomic E-state index is 0.791. The minimum Gasteiger partial charge on any atom is -0.497 e. The Morgan fingerprint density at radius 1 is 1.18 bits per heavy atom. The van der Waals surface area contributed by atoms with Crippen molar-refractivity contribution >= 4 is 5.82 Å². The summed E-state index contributed by atoms with van der Waals surface area (Å²) >= 11 is 0. The second-order valence-electron chi connectivity index (χ2n) is 3.57. The molecule has 0 aliphatic rings. The topological polar surface area (TPSA) is 47.0 Å². The molecule has 1 aromatic carbocycles. The molecule has 2 aromatic rings. The van der Waals surface area contributed by atoms with Crippen LogP contribution in [0, 0.1) is 0 Å². The van der Waals surface area contributed by atoms with Crippen molar-refractivity contribution in [2.24, 2.45) is 0 Å². The third-order valence-electron chi connectivity index (χ3n) is 2.39. The van der Waals surface area contributed by atoms with Crippen molar-refractivity contribution < 1.29 is 4.74 Å². The number of anilines is 1. The maximum Gasteiger partial charge on any atom is 0.148 e. The van der Waals surface area contributed by atoms with Gasteiger partial charge in [0.05, 0.1) is 12.8 Å². The Labute approximate surface area is 101 Å². The van der Waals surface area contributed by atoms with Crippen LogP contribution in [0.1, 0.15) is 6.92 Å². The summed E-state index contributed by atoms with van der Waals surface area (Å²) in [6, 6.07) is 11.6. The van der Waals surface area contributed by atoms with E-state index in [4.69, 9.17) is 4.74 Å². The van der Waals surface area contributed by atoms with Crippen LogP contribution in [0.15, 0.2) is 36.4 Å². The Bertz CT molecular complexity index is 482. The molecule has 0 amide bonds. The molecule has 2 rings (SSSR count). The molecule has 0 unspecified atom stereocenters. The molecular weight excluding hydrogens is 214 g/mol. The van der Waals surface area contributed by atoms with E-state index in [1.807, 2.05) is 43.3 Å². The van der Waals surface area contributed by atoms with Crippen LogP contribution >= 0.6 is 0 Å². The maximum atomic E-state index is 5.18. The van der Waals surface area contributed by atoms with E-state index in [2.05, 4.69) is 15.5 Å². The summed E-state index contributed by atoms with van der Waals surface area (Å²) in [5.41, 5.74) is 1.84. The zero-order valence-corrected chi connectivity index (χ0v) is 9.97. The van der Waals surface area contributed by atoms with Gasteiger partial charge in [-0.15, -0.1) is 10.2 Å². The number of benzene rings is 1. The lowest BCUT2D eigenvalue weighted by Crippen LogP contribution is -2.00. The summed E-state index contributed by atoms with van der Waals surface area (Å²) in [6.45, 7) is 2.87. The highest BCUT2D eigenvalue weighted by atomic mass is 16.5. The molecule has 1 N–H and O–H groups in total. The van der Waals surface area contributed by atoms with Crippen molar-refractivity contribution in [3.63, 3.8) is 0 Å². The molecule has 17 heavy (non-hydrogen) atoms. The quantitative estimate of drug-likeness (QED) is 0.875. The van der Waals surface area contributed by atoms with E-state index >= 15 is 0 Å². The van der Waals surface area contributed by atoms with E-state index in [0.29, 0.717) is 0 Å². The average molecular weight is 229 g/mol. The third-order valence-corrected chi connectivity index (χ3v) is 2.39. The summed E-state index contributed by atoms with van der Waals surface area (Å²) in [6.07, 6.45) is 0. The van der Waals surface area contributed by atoms with Crippen LogP contribution in [0.4, 0.5) is 5.82 Å². The van der Waals surface area contributed by atoms with Gasteiger partial charge in [0, 0.05) is 12.1 Å². The van der Waals surface area contributed by atoms with Crippen LogP contribution in [0.2, 0.25) is 0 Å². The Balaban J connectivity index is 2.26. The van der Waals surface area contributed by atoms with Gasteiger partial charge in [0.15, 0.2) is 0 Å². The van der Waals surface area contributed by atoms with Crippen LogP contribution < -0.4 is 10.1 Å². The van der Waals surface area contributed by atoms with Gasteiger partial charge in [-0.3, -0.25) is 0 Å². The third kappa shape index (κ3) is 2.72. The summed E-state index contributed by atoms with van der Waals surface area (Å²) in [4.78, 5) is 0. The van der Waals surface area contributed by atoms with Crippen LogP contribution in [0.5, 0.6) is 5.75 Å². The molecule has 4 heteroatoms. The van der Waals surface area contributed by atoms with Crippen molar-refractivity contribution in [3.8, 4) is 17.0 Å². The zero-order chi connectivity index (χ0) is 12.1. The Morgan fingerprint density at radius 3 is 2.71 bits per heavy atom. The molecule has 88 valence electrons. The Kier molecular flexibility index (Phi) is 3.55. The summed E-state index contributed by atoms with van der Waals surface area (Å²) in [5.74, 6) is 1.61. The maximum absolute atomic E-state index is 5.18. The molecule has 0 spiro atoms. The van der Waals surface area contributed by atoms with Crippen LogP contribution in [-0.2, 0) is 0 Å². The number of hydrogen-bond donors (Lipinski definition) is 1. The van der Waals surface area contributed by atoms with Gasteiger partial charge in [-0.1, -0.05) is 12.1 Å². The SMILES string of the molecule is CCNc1ccc(-c2cccc(OC)c2)nn1. The number of hydrogen-bond acceptors (Lipinski definition) is 4. The highest BCUT2D eigenvalue weighted by molar-refractivity contribution is 5.61. The minimum atomic E-state index is 0.791. The van der Waals surface area contributed by atoms with Gasteiger partial charge in [-0.25, -0.2) is 0 Å². The summed E-state index contributed by atoms with van der Waals surface area (Å²) < 4.78 is 5.18. The first-order valence-electron chi connectivity index (χ1n) is 5.55. The molecule has 0 saturated heterocycles. The normalized spacial score (nSPS) is 10.0. The van der Waals surface area contributed by atoms with Crippen molar-refractivity contribution in [1.82, 2.24) is 10.2 Å². The first-order valence-corrected chi connectivity index (χ1v) is 5.55. The Morgan fingerprint density at radius 2 is 2.06 bits per heavy atom. The number of ether oxygens (including phenoxy) is 1. The molecule has 0 aliphatic heterocycles. The van der Waals surface area contributed by atoms with Crippen LogP contribution in [0.25, 0.3) is 11.3 Å². The lowest BCUT2D eigenvalue weighted by atomic mass is 10.1. The van der Waals surface area contributed by atoms with E-state index in [1.165, 1.54) is 0 Å². The average Bonchev–Trinajstić information content (AvgIpc) is 2.40. The number of nitrogens with zero attached hydrogens (tertiary/aromatic N) is 2. The second-order valence-corrected chi connectivity index (χ2v) is 3.57. The molecule has 4 nitrogen and oxygen atoms in total. The van der Waals surface area contributed by atoms with Gasteiger partial charge in [0.1, 0.15) is 11.6 Å². The highest BCUT2D eigenvalue weighted by Gasteiger charge is 2.02. The molecule has 0 aliphatic carbocycles. The molecule has 0 fully saturated rings. The van der Waals surface area contributed by atoms with Crippen molar-refractivity contribution in [2.45, 2.75) is 6.92 Å². The molecule has 0 radical (unpaired) electrons. The van der Waals surface area contributed by atoms with Crippen LogP contribution in [-0.4, -0.2) is 23.9 Å².